The summed E-state index contributed by atoms with van der Waals surface area (Å²) in [4.78, 5) is 22.5. The first-order valence-electron chi connectivity index (χ1n) is 9.52. The van der Waals surface area contributed by atoms with Gasteiger partial charge in [-0.15, -0.1) is 5.11 Å². The lowest BCUT2D eigenvalue weighted by Gasteiger charge is -2.06. The number of amides is 1. The van der Waals surface area contributed by atoms with Gasteiger partial charge in [0.25, 0.3) is 5.91 Å². The van der Waals surface area contributed by atoms with Gasteiger partial charge in [-0.2, -0.15) is 10.2 Å². The van der Waals surface area contributed by atoms with Crippen molar-refractivity contribution in [3.05, 3.63) is 86.9 Å². The third kappa shape index (κ3) is 6.58. The third-order valence-corrected chi connectivity index (χ3v) is 4.52. The van der Waals surface area contributed by atoms with E-state index < -0.39 is 17.4 Å². The maximum absolute atomic E-state index is 12.0. The summed E-state index contributed by atoms with van der Waals surface area (Å²) in [5.41, 5.74) is 3.88. The van der Waals surface area contributed by atoms with Crippen LogP contribution in [0.3, 0.4) is 0 Å². The van der Waals surface area contributed by atoms with Crippen molar-refractivity contribution in [2.24, 2.45) is 15.3 Å². The highest BCUT2D eigenvalue weighted by Gasteiger charge is 2.16. The zero-order chi connectivity index (χ0) is 23.8. The van der Waals surface area contributed by atoms with Gasteiger partial charge in [-0.05, 0) is 48.9 Å². The molecule has 0 aromatic heterocycles. The maximum atomic E-state index is 12.0. The van der Waals surface area contributed by atoms with Crippen LogP contribution in [-0.2, 0) is 4.79 Å². The average molecular weight is 468 g/mol. The molecule has 11 heteroatoms. The Hall–Kier alpha value is -4.31. The number of nitrogens with one attached hydrogen (secondary N) is 1. The molecule has 1 amide bonds. The fourth-order valence-electron chi connectivity index (χ4n) is 2.59. The van der Waals surface area contributed by atoms with E-state index in [4.69, 9.17) is 16.3 Å². The van der Waals surface area contributed by atoms with Crippen LogP contribution in [0, 0.1) is 17.0 Å². The Labute approximate surface area is 193 Å². The summed E-state index contributed by atoms with van der Waals surface area (Å²) >= 11 is 6.04. The first-order valence-corrected chi connectivity index (χ1v) is 9.90. The zero-order valence-corrected chi connectivity index (χ0v) is 18.1. The van der Waals surface area contributed by atoms with Crippen molar-refractivity contribution in [3.8, 4) is 11.5 Å². The predicted octanol–water partition coefficient (Wildman–Crippen LogP) is 5.21. The number of azo groups is 1. The molecule has 168 valence electrons. The van der Waals surface area contributed by atoms with Gasteiger partial charge in [0.2, 0.25) is 0 Å². The maximum Gasteiger partial charge on any atom is 0.311 e. The molecule has 3 aromatic carbocycles. The Morgan fingerprint density at radius 2 is 1.97 bits per heavy atom. The summed E-state index contributed by atoms with van der Waals surface area (Å²) in [7, 11) is 0. The molecular weight excluding hydrogens is 450 g/mol. The monoisotopic (exact) mass is 467 g/mol. The molecule has 0 bridgehead atoms. The van der Waals surface area contributed by atoms with Gasteiger partial charge >= 0.3 is 5.69 Å². The lowest BCUT2D eigenvalue weighted by Crippen LogP contribution is -2.24. The van der Waals surface area contributed by atoms with Crippen LogP contribution in [0.25, 0.3) is 0 Å². The first kappa shape index (κ1) is 23.4. The summed E-state index contributed by atoms with van der Waals surface area (Å²) in [5, 5.41) is 33.5. The molecule has 3 rings (SSSR count). The number of ether oxygens (including phenoxy) is 1. The molecule has 0 atom stereocenters. The number of aromatic hydroxyl groups is 1. The lowest BCUT2D eigenvalue weighted by molar-refractivity contribution is -0.385. The highest BCUT2D eigenvalue weighted by molar-refractivity contribution is 6.32. The number of phenolic OH excluding ortho intramolecular Hbond substituents is 1. The van der Waals surface area contributed by atoms with Crippen molar-refractivity contribution >= 4 is 40.8 Å². The molecule has 0 aliphatic heterocycles. The number of carbonyl (C=O) groups excluding carboxylic acids is 1. The molecule has 0 heterocycles. The van der Waals surface area contributed by atoms with E-state index in [0.29, 0.717) is 22.0 Å². The Kier molecular flexibility index (Phi) is 7.66. The van der Waals surface area contributed by atoms with Gasteiger partial charge in [-0.3, -0.25) is 14.9 Å². The number of carbonyl (C=O) groups is 1. The number of halogens is 1. The van der Waals surface area contributed by atoms with Crippen LogP contribution >= 0.6 is 11.6 Å². The molecule has 0 fully saturated rings. The van der Waals surface area contributed by atoms with Crippen molar-refractivity contribution in [3.63, 3.8) is 0 Å². The number of nitrogens with zero attached hydrogens (tertiary/aromatic N) is 4. The van der Waals surface area contributed by atoms with Crippen molar-refractivity contribution in [2.45, 2.75) is 6.92 Å². The van der Waals surface area contributed by atoms with Gasteiger partial charge in [-0.25, -0.2) is 5.43 Å². The fraction of sp³-hybridized carbons (Fsp3) is 0.0909. The number of aryl methyl sites for hydroxylation is 1. The van der Waals surface area contributed by atoms with Crippen LogP contribution in [-0.4, -0.2) is 28.8 Å². The number of nitro groups is 1. The number of nitro benzene ring substituents is 1. The molecule has 3 aromatic rings. The van der Waals surface area contributed by atoms with Crippen LogP contribution < -0.4 is 10.2 Å². The minimum absolute atomic E-state index is 0.0287. The van der Waals surface area contributed by atoms with E-state index in [2.05, 4.69) is 20.8 Å². The van der Waals surface area contributed by atoms with E-state index in [1.54, 1.807) is 43.3 Å². The van der Waals surface area contributed by atoms with Crippen LogP contribution in [0.5, 0.6) is 11.5 Å². The molecule has 0 aliphatic rings. The van der Waals surface area contributed by atoms with E-state index >= 15 is 0 Å². The number of hydrogen-bond donors (Lipinski definition) is 2. The van der Waals surface area contributed by atoms with Crippen LogP contribution in [0.4, 0.5) is 17.1 Å². The second-order valence-electron chi connectivity index (χ2n) is 6.70. The minimum Gasteiger partial charge on any atom is -0.507 e. The topological polar surface area (TPSA) is 139 Å². The van der Waals surface area contributed by atoms with Crippen LogP contribution in [0.15, 0.2) is 76.0 Å². The van der Waals surface area contributed by atoms with Gasteiger partial charge < -0.3 is 9.84 Å². The molecule has 2 N–H and O–H groups in total. The molecule has 0 radical (unpaired) electrons. The normalized spacial score (nSPS) is 11.1. The largest absolute Gasteiger partial charge is 0.507 e. The molecule has 0 aliphatic carbocycles. The molecule has 0 saturated carbocycles. The Morgan fingerprint density at radius 1 is 1.18 bits per heavy atom. The third-order valence-electron chi connectivity index (χ3n) is 4.20. The van der Waals surface area contributed by atoms with Gasteiger partial charge in [0.15, 0.2) is 12.4 Å². The van der Waals surface area contributed by atoms with E-state index in [9.17, 15) is 20.0 Å². The van der Waals surface area contributed by atoms with Gasteiger partial charge in [0.1, 0.15) is 11.4 Å². The fourth-order valence-corrected chi connectivity index (χ4v) is 2.77. The molecular formula is C22H18ClN5O5. The molecule has 10 nitrogen and oxygen atoms in total. The van der Waals surface area contributed by atoms with Crippen LogP contribution in [0.2, 0.25) is 5.02 Å². The lowest BCUT2D eigenvalue weighted by atomic mass is 10.2. The quantitative estimate of drug-likeness (QED) is 0.203. The van der Waals surface area contributed by atoms with Gasteiger partial charge in [0, 0.05) is 11.6 Å². The second-order valence-corrected chi connectivity index (χ2v) is 7.11. The van der Waals surface area contributed by atoms with Crippen molar-refractivity contribution in [1.29, 1.82) is 0 Å². The Bertz CT molecular complexity index is 1250. The number of hydrazone groups is 1. The summed E-state index contributed by atoms with van der Waals surface area (Å²) in [6.07, 6.45) is 1.22. The van der Waals surface area contributed by atoms with Gasteiger partial charge in [0.05, 0.1) is 21.8 Å². The van der Waals surface area contributed by atoms with Crippen molar-refractivity contribution in [1.82, 2.24) is 5.43 Å². The van der Waals surface area contributed by atoms with Crippen LogP contribution in [0.1, 0.15) is 11.1 Å². The summed E-state index contributed by atoms with van der Waals surface area (Å²) in [6.45, 7) is 1.22. The zero-order valence-electron chi connectivity index (χ0n) is 17.3. The number of benzene rings is 3. The van der Waals surface area contributed by atoms with E-state index in [0.717, 1.165) is 0 Å². The summed E-state index contributed by atoms with van der Waals surface area (Å²) in [6, 6.07) is 15.8. The molecule has 0 spiro atoms. The van der Waals surface area contributed by atoms with Crippen molar-refractivity contribution < 1.29 is 19.6 Å². The number of phenols is 1. The van der Waals surface area contributed by atoms with E-state index in [1.807, 2.05) is 0 Å². The molecule has 0 unspecified atom stereocenters. The smallest absolute Gasteiger partial charge is 0.311 e. The molecule has 33 heavy (non-hydrogen) atoms. The SMILES string of the molecule is Cc1ccc(OCC(=O)NN=Cc2cc(N=Nc3ccccc3Cl)ccc2O)c([N+](=O)[O-])c1. The highest BCUT2D eigenvalue weighted by Crippen LogP contribution is 2.28. The number of rotatable bonds is 8. The highest BCUT2D eigenvalue weighted by atomic mass is 35.5. The summed E-state index contributed by atoms with van der Waals surface area (Å²) < 4.78 is 5.23. The number of hydrogen-bond acceptors (Lipinski definition) is 8. The average Bonchev–Trinajstić information content (AvgIpc) is 2.79. The molecule has 0 saturated heterocycles. The minimum atomic E-state index is -0.643. The second kappa shape index (κ2) is 10.8. The summed E-state index contributed by atoms with van der Waals surface area (Å²) in [5.74, 6) is -0.759. The van der Waals surface area contributed by atoms with Crippen molar-refractivity contribution in [2.75, 3.05) is 6.61 Å². The Morgan fingerprint density at radius 3 is 2.73 bits per heavy atom. The standard InChI is InChI=1S/C22H18ClN5O5/c1-14-6-9-21(19(10-14)28(31)32)33-13-22(30)27-24-12-15-11-16(7-8-20(15)29)25-26-18-5-3-2-4-17(18)23/h2-12,29H,13H2,1H3,(H,27,30). The first-order chi connectivity index (χ1) is 15.8. The van der Waals surface area contributed by atoms with Gasteiger partial charge in [-0.1, -0.05) is 29.8 Å². The predicted molar refractivity (Wildman–Crippen MR) is 123 cm³/mol. The Balaban J connectivity index is 1.61. The van der Waals surface area contributed by atoms with E-state index in [1.165, 1.54) is 30.5 Å². The van der Waals surface area contributed by atoms with E-state index in [-0.39, 0.29) is 22.7 Å².